The van der Waals surface area contributed by atoms with Crippen LogP contribution in [-0.4, -0.2) is 23.5 Å². The highest BCUT2D eigenvalue weighted by molar-refractivity contribution is 6.10. The maximum atomic E-state index is 12.6. The zero-order valence-corrected chi connectivity index (χ0v) is 18.1. The summed E-state index contributed by atoms with van der Waals surface area (Å²) in [4.78, 5) is 24.9. The predicted molar refractivity (Wildman–Crippen MR) is 121 cm³/mol. The second-order valence-electron chi connectivity index (χ2n) is 8.79. The molecule has 31 heavy (non-hydrogen) atoms. The van der Waals surface area contributed by atoms with Crippen LogP contribution in [0.2, 0.25) is 0 Å². The zero-order chi connectivity index (χ0) is 21.8. The fourth-order valence-corrected chi connectivity index (χ4v) is 4.22. The Kier molecular flexibility index (Phi) is 6.35. The molecule has 162 valence electrons. The Morgan fingerprint density at radius 2 is 1.74 bits per heavy atom. The minimum absolute atomic E-state index is 0.130. The van der Waals surface area contributed by atoms with Crippen LogP contribution in [0.5, 0.6) is 0 Å². The molecule has 0 atom stereocenters. The van der Waals surface area contributed by atoms with Gasteiger partial charge in [-0.15, -0.1) is 0 Å². The molecule has 1 heterocycles. The second-order valence-corrected chi connectivity index (χ2v) is 8.79. The van der Waals surface area contributed by atoms with Gasteiger partial charge in [-0.2, -0.15) is 0 Å². The lowest BCUT2D eigenvalue weighted by molar-refractivity contribution is -0.126. The van der Waals surface area contributed by atoms with Gasteiger partial charge in [0.25, 0.3) is 5.91 Å². The van der Waals surface area contributed by atoms with Gasteiger partial charge >= 0.3 is 0 Å². The molecule has 0 spiro atoms. The first-order valence-corrected chi connectivity index (χ1v) is 11.0. The van der Waals surface area contributed by atoms with E-state index in [1.54, 1.807) is 0 Å². The minimum Gasteiger partial charge on any atom is -0.356 e. The van der Waals surface area contributed by atoms with Gasteiger partial charge in [-0.3, -0.25) is 9.59 Å². The number of amides is 2. The van der Waals surface area contributed by atoms with Crippen LogP contribution in [0.25, 0.3) is 10.9 Å². The Balaban J connectivity index is 1.33. The Bertz CT molecular complexity index is 1050. The quantitative estimate of drug-likeness (QED) is 0.580. The van der Waals surface area contributed by atoms with E-state index >= 15 is 0 Å². The third-order valence-corrected chi connectivity index (χ3v) is 6.01. The van der Waals surface area contributed by atoms with Crippen molar-refractivity contribution < 1.29 is 14.1 Å². The van der Waals surface area contributed by atoms with Gasteiger partial charge in [-0.05, 0) is 67.3 Å². The number of aromatic nitrogens is 1. The van der Waals surface area contributed by atoms with Crippen LogP contribution < -0.4 is 10.6 Å². The average Bonchev–Trinajstić information content (AvgIpc) is 3.22. The number of anilines is 1. The Morgan fingerprint density at radius 3 is 2.45 bits per heavy atom. The van der Waals surface area contributed by atoms with E-state index in [1.165, 1.54) is 5.56 Å². The van der Waals surface area contributed by atoms with Gasteiger partial charge in [-0.1, -0.05) is 43.3 Å². The predicted octanol–water partition coefficient (Wildman–Crippen LogP) is 5.13. The van der Waals surface area contributed by atoms with Crippen molar-refractivity contribution >= 4 is 28.4 Å². The third-order valence-electron chi connectivity index (χ3n) is 6.01. The molecule has 1 fully saturated rings. The van der Waals surface area contributed by atoms with E-state index in [2.05, 4.69) is 41.8 Å². The van der Waals surface area contributed by atoms with Crippen LogP contribution in [0, 0.1) is 11.8 Å². The van der Waals surface area contributed by atoms with Crippen LogP contribution in [0.3, 0.4) is 0 Å². The molecule has 0 aliphatic heterocycles. The van der Waals surface area contributed by atoms with Crippen molar-refractivity contribution in [2.24, 2.45) is 11.8 Å². The summed E-state index contributed by atoms with van der Waals surface area (Å²) in [5.41, 5.74) is 2.64. The van der Waals surface area contributed by atoms with Gasteiger partial charge in [0, 0.05) is 18.2 Å². The van der Waals surface area contributed by atoms with Gasteiger partial charge in [0.2, 0.25) is 11.7 Å². The fraction of sp³-hybridized carbons (Fsp3) is 0.400. The molecular weight excluding hydrogens is 390 g/mol. The number of hydrogen-bond donors (Lipinski definition) is 2. The van der Waals surface area contributed by atoms with Crippen LogP contribution in [0.15, 0.2) is 53.1 Å². The molecule has 1 aliphatic rings. The van der Waals surface area contributed by atoms with E-state index in [0.717, 1.165) is 37.9 Å². The summed E-state index contributed by atoms with van der Waals surface area (Å²) in [5.74, 6) is 1.16. The molecule has 1 aliphatic carbocycles. The number of fused-ring (bicyclic) bond motifs is 1. The number of hydrogen-bond acceptors (Lipinski definition) is 4. The van der Waals surface area contributed by atoms with E-state index in [-0.39, 0.29) is 23.5 Å². The molecule has 0 radical (unpaired) electrons. The summed E-state index contributed by atoms with van der Waals surface area (Å²) in [5, 5.41) is 10.6. The topological polar surface area (TPSA) is 84.2 Å². The highest BCUT2D eigenvalue weighted by Crippen LogP contribution is 2.36. The molecule has 1 saturated carbocycles. The molecule has 2 N–H and O–H groups in total. The first kappa shape index (κ1) is 21.1. The first-order chi connectivity index (χ1) is 15.0. The fourth-order valence-electron chi connectivity index (χ4n) is 4.22. The maximum Gasteiger partial charge on any atom is 0.294 e. The van der Waals surface area contributed by atoms with Crippen molar-refractivity contribution in [1.82, 2.24) is 10.5 Å². The summed E-state index contributed by atoms with van der Waals surface area (Å²) >= 11 is 0. The van der Waals surface area contributed by atoms with Gasteiger partial charge in [-0.25, -0.2) is 0 Å². The number of carbonyl (C=O) groups is 2. The molecule has 2 aromatic carbocycles. The summed E-state index contributed by atoms with van der Waals surface area (Å²) in [6, 6.07) is 15.3. The molecule has 1 aromatic heterocycles. The van der Waals surface area contributed by atoms with Crippen molar-refractivity contribution in [2.75, 3.05) is 11.9 Å². The standard InChI is InChI=1S/C25H29N3O3/c1-16(2)15-26-24(29)19-9-7-17(8-10-19)18-11-13-20(14-12-18)27-25(30)23-21-5-3-4-6-22(21)28-31-23/h3-6,11-14,16-17,19H,7-10,15H2,1-2H3,(H,26,29)(H,27,30)/t17-,19-. The second kappa shape index (κ2) is 9.33. The number of benzene rings is 2. The van der Waals surface area contributed by atoms with Gasteiger partial charge in [0.15, 0.2) is 0 Å². The van der Waals surface area contributed by atoms with E-state index in [4.69, 9.17) is 4.52 Å². The highest BCUT2D eigenvalue weighted by Gasteiger charge is 2.27. The zero-order valence-electron chi connectivity index (χ0n) is 18.1. The summed E-state index contributed by atoms with van der Waals surface area (Å²) in [6.07, 6.45) is 3.86. The van der Waals surface area contributed by atoms with Crippen molar-refractivity contribution in [3.63, 3.8) is 0 Å². The van der Waals surface area contributed by atoms with Gasteiger partial charge in [0.1, 0.15) is 5.52 Å². The Labute approximate surface area is 182 Å². The number of nitrogens with zero attached hydrogens (tertiary/aromatic N) is 1. The SMILES string of the molecule is CC(C)CNC(=O)[C@H]1CC[C@H](c2ccc(NC(=O)c3onc4ccccc34)cc2)CC1. The summed E-state index contributed by atoms with van der Waals surface area (Å²) < 4.78 is 5.23. The van der Waals surface area contributed by atoms with Crippen LogP contribution in [-0.2, 0) is 4.79 Å². The van der Waals surface area contributed by atoms with E-state index in [9.17, 15) is 9.59 Å². The Hall–Kier alpha value is -3.15. The Morgan fingerprint density at radius 1 is 1.03 bits per heavy atom. The molecule has 0 bridgehead atoms. The van der Waals surface area contributed by atoms with Crippen molar-refractivity contribution in [3.05, 3.63) is 59.9 Å². The molecule has 6 nitrogen and oxygen atoms in total. The lowest BCUT2D eigenvalue weighted by Gasteiger charge is -2.28. The average molecular weight is 420 g/mol. The molecular formula is C25H29N3O3. The van der Waals surface area contributed by atoms with Crippen LogP contribution in [0.1, 0.15) is 61.6 Å². The minimum atomic E-state index is -0.311. The van der Waals surface area contributed by atoms with E-state index < -0.39 is 0 Å². The highest BCUT2D eigenvalue weighted by atomic mass is 16.5. The summed E-state index contributed by atoms with van der Waals surface area (Å²) in [6.45, 7) is 4.96. The smallest absolute Gasteiger partial charge is 0.294 e. The number of rotatable bonds is 6. The van der Waals surface area contributed by atoms with Crippen LogP contribution >= 0.6 is 0 Å². The molecule has 0 unspecified atom stereocenters. The van der Waals surface area contributed by atoms with Crippen molar-refractivity contribution in [3.8, 4) is 0 Å². The number of nitrogens with one attached hydrogen (secondary N) is 2. The molecule has 2 amide bonds. The van der Waals surface area contributed by atoms with Gasteiger partial charge in [0.05, 0.1) is 5.39 Å². The third kappa shape index (κ3) is 4.95. The normalized spacial score (nSPS) is 18.8. The van der Waals surface area contributed by atoms with E-state index in [1.807, 2.05) is 36.4 Å². The lowest BCUT2D eigenvalue weighted by atomic mass is 9.78. The van der Waals surface area contributed by atoms with Crippen molar-refractivity contribution in [1.29, 1.82) is 0 Å². The monoisotopic (exact) mass is 419 g/mol. The first-order valence-electron chi connectivity index (χ1n) is 11.0. The molecule has 0 saturated heterocycles. The lowest BCUT2D eigenvalue weighted by Crippen LogP contribution is -2.35. The van der Waals surface area contributed by atoms with Crippen LogP contribution in [0.4, 0.5) is 5.69 Å². The van der Waals surface area contributed by atoms with E-state index in [0.29, 0.717) is 22.7 Å². The molecule has 6 heteroatoms. The van der Waals surface area contributed by atoms with Crippen molar-refractivity contribution in [2.45, 2.75) is 45.4 Å². The largest absolute Gasteiger partial charge is 0.356 e. The molecule has 3 aromatic rings. The molecule has 4 rings (SSSR count). The summed E-state index contributed by atoms with van der Waals surface area (Å²) in [7, 11) is 0. The maximum absolute atomic E-state index is 12.6. The number of carbonyl (C=O) groups excluding carboxylic acids is 2. The van der Waals surface area contributed by atoms with Gasteiger partial charge < -0.3 is 15.2 Å².